The van der Waals surface area contributed by atoms with E-state index in [1.165, 1.54) is 25.3 Å². The molecule has 1 aliphatic rings. The number of benzene rings is 1. The molecule has 10 heteroatoms. The van der Waals surface area contributed by atoms with Gasteiger partial charge in [0.25, 0.3) is 5.78 Å². The van der Waals surface area contributed by atoms with Crippen LogP contribution in [0.15, 0.2) is 48.3 Å². The van der Waals surface area contributed by atoms with Crippen molar-refractivity contribution < 1.29 is 29.0 Å². The summed E-state index contributed by atoms with van der Waals surface area (Å²) < 4.78 is 10.1. The fourth-order valence-electron chi connectivity index (χ4n) is 3.83. The van der Waals surface area contributed by atoms with Gasteiger partial charge in [0, 0.05) is 18.0 Å². The van der Waals surface area contributed by atoms with Gasteiger partial charge in [0.2, 0.25) is 0 Å². The Morgan fingerprint density at radius 2 is 1.94 bits per heavy atom. The van der Waals surface area contributed by atoms with E-state index in [1.54, 1.807) is 50.4 Å². The van der Waals surface area contributed by atoms with E-state index in [0.29, 0.717) is 22.6 Å². The summed E-state index contributed by atoms with van der Waals surface area (Å²) in [5.41, 5.74) is 1.87. The van der Waals surface area contributed by atoms with Crippen molar-refractivity contribution in [3.8, 4) is 5.75 Å². The largest absolute Gasteiger partial charge is 0.507 e. The third kappa shape index (κ3) is 3.81. The summed E-state index contributed by atoms with van der Waals surface area (Å²) in [7, 11) is 2.79. The Kier molecular flexibility index (Phi) is 6.16. The highest BCUT2D eigenvalue weighted by molar-refractivity contribution is 7.17. The van der Waals surface area contributed by atoms with Gasteiger partial charge >= 0.3 is 11.9 Å². The third-order valence-corrected chi connectivity index (χ3v) is 6.61. The first kappa shape index (κ1) is 23.1. The van der Waals surface area contributed by atoms with Gasteiger partial charge in [0.1, 0.15) is 16.4 Å². The molecule has 4 rings (SSSR count). The van der Waals surface area contributed by atoms with E-state index >= 15 is 0 Å². The average molecular weight is 480 g/mol. The number of aliphatic hydroxyl groups is 1. The van der Waals surface area contributed by atoms with Gasteiger partial charge in [-0.25, -0.2) is 9.78 Å². The number of carbonyl (C=O) groups is 3. The summed E-state index contributed by atoms with van der Waals surface area (Å²) in [6.07, 6.45) is 3.07. The Morgan fingerprint density at radius 3 is 2.56 bits per heavy atom. The van der Waals surface area contributed by atoms with E-state index in [0.717, 1.165) is 16.9 Å². The first-order valence-electron chi connectivity index (χ1n) is 10.2. The summed E-state index contributed by atoms with van der Waals surface area (Å²) in [6, 6.07) is 7.33. The summed E-state index contributed by atoms with van der Waals surface area (Å²) in [5, 5.41) is 11.3. The van der Waals surface area contributed by atoms with E-state index < -0.39 is 23.7 Å². The molecule has 3 heterocycles. The number of hydrogen-bond donors (Lipinski definition) is 1. The Labute approximate surface area is 199 Å². The molecule has 0 spiro atoms. The number of aromatic nitrogens is 2. The van der Waals surface area contributed by atoms with Crippen LogP contribution in [0.25, 0.3) is 5.76 Å². The molecule has 1 N–H and O–H groups in total. The molecule has 0 unspecified atom stereocenters. The summed E-state index contributed by atoms with van der Waals surface area (Å²) in [6.45, 7) is 3.42. The number of Topliss-reactive ketones (excluding diaryl/α,β-unsaturated/α-hetero) is 1. The molecular weight excluding hydrogens is 458 g/mol. The number of aliphatic hydroxyl groups excluding tert-OH is 1. The van der Waals surface area contributed by atoms with Gasteiger partial charge in [-0.3, -0.25) is 19.5 Å². The Morgan fingerprint density at radius 1 is 1.18 bits per heavy atom. The third-order valence-electron chi connectivity index (χ3n) is 5.48. The van der Waals surface area contributed by atoms with Gasteiger partial charge in [-0.15, -0.1) is 0 Å². The van der Waals surface area contributed by atoms with Gasteiger partial charge in [0.05, 0.1) is 31.5 Å². The lowest BCUT2D eigenvalue weighted by molar-refractivity contribution is -0.132. The number of rotatable bonds is 5. The number of aryl methyl sites for hydroxylation is 2. The highest BCUT2D eigenvalue weighted by atomic mass is 32.1. The van der Waals surface area contributed by atoms with Crippen molar-refractivity contribution in [3.63, 3.8) is 0 Å². The van der Waals surface area contributed by atoms with Crippen LogP contribution in [0.3, 0.4) is 0 Å². The number of methoxy groups -OCH3 is 2. The zero-order valence-electron chi connectivity index (χ0n) is 18.9. The zero-order chi connectivity index (χ0) is 24.6. The van der Waals surface area contributed by atoms with Crippen molar-refractivity contribution in [1.29, 1.82) is 0 Å². The Hall–Kier alpha value is -4.05. The molecule has 0 radical (unpaired) electrons. The number of ketones is 1. The minimum absolute atomic E-state index is 0.102. The minimum atomic E-state index is -0.993. The van der Waals surface area contributed by atoms with Crippen molar-refractivity contribution in [1.82, 2.24) is 9.97 Å². The molecule has 1 aromatic carbocycles. The van der Waals surface area contributed by atoms with Crippen LogP contribution in [0, 0.1) is 13.8 Å². The van der Waals surface area contributed by atoms with Crippen molar-refractivity contribution >= 4 is 39.9 Å². The maximum absolute atomic E-state index is 13.2. The second-order valence-electron chi connectivity index (χ2n) is 7.54. The average Bonchev–Trinajstić information content (AvgIpc) is 3.35. The molecule has 2 aromatic heterocycles. The fourth-order valence-corrected chi connectivity index (χ4v) is 4.84. The molecule has 174 valence electrons. The van der Waals surface area contributed by atoms with E-state index in [4.69, 9.17) is 9.47 Å². The van der Waals surface area contributed by atoms with Gasteiger partial charge in [-0.1, -0.05) is 17.4 Å². The van der Waals surface area contributed by atoms with Crippen LogP contribution in [-0.4, -0.2) is 47.0 Å². The number of nitrogens with zero attached hydrogens (tertiary/aromatic N) is 3. The summed E-state index contributed by atoms with van der Waals surface area (Å²) >= 11 is 0.937. The van der Waals surface area contributed by atoms with Crippen LogP contribution >= 0.6 is 11.3 Å². The molecule has 9 nitrogen and oxygen atoms in total. The molecule has 1 atom stereocenters. The summed E-state index contributed by atoms with van der Waals surface area (Å²) in [5.74, 6) is -2.04. The molecule has 1 aliphatic heterocycles. The maximum atomic E-state index is 13.2. The second kappa shape index (κ2) is 9.06. The van der Waals surface area contributed by atoms with E-state index in [1.807, 2.05) is 0 Å². The number of ether oxygens (including phenoxy) is 2. The van der Waals surface area contributed by atoms with E-state index in [-0.39, 0.29) is 21.3 Å². The molecule has 1 amide bonds. The molecule has 34 heavy (non-hydrogen) atoms. The molecule has 1 fully saturated rings. The number of pyridine rings is 1. The van der Waals surface area contributed by atoms with Crippen molar-refractivity contribution in [2.75, 3.05) is 19.1 Å². The van der Waals surface area contributed by atoms with Gasteiger partial charge in [0.15, 0.2) is 5.13 Å². The fraction of sp³-hybridized carbons (Fsp3) is 0.208. The number of esters is 1. The lowest BCUT2D eigenvalue weighted by Gasteiger charge is -2.22. The minimum Gasteiger partial charge on any atom is -0.507 e. The van der Waals surface area contributed by atoms with Crippen LogP contribution < -0.4 is 9.64 Å². The van der Waals surface area contributed by atoms with Crippen molar-refractivity contribution in [2.45, 2.75) is 19.9 Å². The molecular formula is C24H21N3O6S. The molecule has 1 saturated heterocycles. The van der Waals surface area contributed by atoms with Crippen LogP contribution in [0.5, 0.6) is 5.75 Å². The zero-order valence-corrected chi connectivity index (χ0v) is 19.7. The predicted octanol–water partition coefficient (Wildman–Crippen LogP) is 3.58. The van der Waals surface area contributed by atoms with Crippen LogP contribution in [0.2, 0.25) is 0 Å². The standard InChI is InChI=1S/C24H21N3O6S/c1-12-10-14(7-8-16(12)32-3)19(28)17-18(15-6-5-9-25-11-15)27(22(30)20(17)29)24-26-13(2)21(34-24)23(31)33-4/h5-11,18,28H,1-4H3/t18-/m1/s1. The Bertz CT molecular complexity index is 1330. The van der Waals surface area contributed by atoms with Crippen LogP contribution in [0.1, 0.15) is 38.1 Å². The maximum Gasteiger partial charge on any atom is 0.350 e. The highest BCUT2D eigenvalue weighted by Gasteiger charge is 2.48. The predicted molar refractivity (Wildman–Crippen MR) is 125 cm³/mol. The van der Waals surface area contributed by atoms with Crippen molar-refractivity contribution in [2.24, 2.45) is 0 Å². The molecule has 0 bridgehead atoms. The number of carbonyl (C=O) groups excluding carboxylic acids is 3. The van der Waals surface area contributed by atoms with Gasteiger partial charge in [-0.05, 0) is 49.2 Å². The van der Waals surface area contributed by atoms with E-state index in [2.05, 4.69) is 9.97 Å². The smallest absolute Gasteiger partial charge is 0.350 e. The van der Waals surface area contributed by atoms with Gasteiger partial charge < -0.3 is 14.6 Å². The summed E-state index contributed by atoms with van der Waals surface area (Å²) in [4.78, 5) is 48.4. The normalized spacial score (nSPS) is 17.2. The van der Waals surface area contributed by atoms with Crippen LogP contribution in [-0.2, 0) is 14.3 Å². The number of hydrogen-bond acceptors (Lipinski definition) is 9. The first-order chi connectivity index (χ1) is 16.3. The molecule has 0 saturated carbocycles. The number of anilines is 1. The highest BCUT2D eigenvalue weighted by Crippen LogP contribution is 2.44. The van der Waals surface area contributed by atoms with Crippen LogP contribution in [0.4, 0.5) is 5.13 Å². The number of thiazole rings is 1. The molecule has 0 aliphatic carbocycles. The van der Waals surface area contributed by atoms with Crippen molar-refractivity contribution in [3.05, 3.63) is 75.6 Å². The lowest BCUT2D eigenvalue weighted by atomic mass is 9.96. The quantitative estimate of drug-likeness (QED) is 0.255. The first-order valence-corrected chi connectivity index (χ1v) is 11.0. The Balaban J connectivity index is 1.92. The monoisotopic (exact) mass is 479 g/mol. The lowest BCUT2D eigenvalue weighted by Crippen LogP contribution is -2.29. The number of amides is 1. The second-order valence-corrected chi connectivity index (χ2v) is 8.52. The van der Waals surface area contributed by atoms with E-state index in [9.17, 15) is 19.5 Å². The van der Waals surface area contributed by atoms with Gasteiger partial charge in [-0.2, -0.15) is 0 Å². The topological polar surface area (TPSA) is 119 Å². The molecule has 3 aromatic rings. The SMILES string of the molecule is COC(=O)c1sc(N2C(=O)C(=O)C(=C(O)c3ccc(OC)c(C)c3)[C@H]2c2cccnc2)nc1C.